The summed E-state index contributed by atoms with van der Waals surface area (Å²) in [5, 5.41) is -1.24. The minimum Gasteiger partial charge on any atom is -0.366 e. The van der Waals surface area contributed by atoms with Crippen LogP contribution in [0.2, 0.25) is 15.1 Å². The Morgan fingerprint density at radius 1 is 1.00 bits per heavy atom. The van der Waals surface area contributed by atoms with E-state index in [-0.39, 0.29) is 16.0 Å². The van der Waals surface area contributed by atoms with E-state index in [0.29, 0.717) is 24.3 Å². The van der Waals surface area contributed by atoms with Crippen molar-refractivity contribution in [3.05, 3.63) is 73.2 Å². The average molecular weight is 660 g/mol. The fraction of sp³-hybridized carbons (Fsp3) is 0.333. The molecule has 2 amide bonds. The first-order valence-corrected chi connectivity index (χ1v) is 12.2. The molecule has 0 bridgehead atoms. The van der Waals surface area contributed by atoms with Crippen molar-refractivity contribution in [2.24, 2.45) is 5.73 Å². The number of hydrogen-bond acceptors (Lipinski definition) is 2. The molecule has 41 heavy (non-hydrogen) atoms. The van der Waals surface area contributed by atoms with Gasteiger partial charge in [-0.25, -0.2) is 4.39 Å². The molecule has 1 aliphatic heterocycles. The van der Waals surface area contributed by atoms with Crippen molar-refractivity contribution >= 4 is 52.4 Å². The minimum absolute atomic E-state index is 0.119. The van der Waals surface area contributed by atoms with Crippen LogP contribution in [0.3, 0.4) is 0 Å². The molecule has 0 radical (unpaired) electrons. The van der Waals surface area contributed by atoms with Crippen molar-refractivity contribution in [2.45, 2.75) is 36.8 Å². The maximum atomic E-state index is 15.7. The Morgan fingerprint density at radius 2 is 1.54 bits per heavy atom. The van der Waals surface area contributed by atoms with Crippen molar-refractivity contribution < 1.29 is 53.5 Å². The molecular formula is C24H15Cl3F10N2O2. The molecule has 2 aromatic carbocycles. The lowest BCUT2D eigenvalue weighted by Gasteiger charge is -2.24. The normalized spacial score (nSPS) is 17.8. The number of rotatable bonds is 6. The maximum absolute atomic E-state index is 15.7. The molecule has 2 aromatic rings. The molecule has 0 spiro atoms. The second kappa shape index (κ2) is 11.5. The maximum Gasteiger partial charge on any atom is 0.417 e. The van der Waals surface area contributed by atoms with Gasteiger partial charge >= 0.3 is 18.5 Å². The standard InChI is InChI=1S/C24H15Cl3F10N2O2/c25-14-5-9(6-15(26)19(14)27)13(23(32,33)34)7-16(28)10-1-2-12(20(38)40)18(24(35,36)37)17(10)11-3-4-39(21(11)41)8-22(29,30)31/h1-2,5-7,11,13H,3-4,8H2,(H2,38,40)/b16-7-/t11-,13?/m1/s1. The van der Waals surface area contributed by atoms with Gasteiger partial charge in [0.15, 0.2) is 0 Å². The van der Waals surface area contributed by atoms with Gasteiger partial charge in [0.05, 0.1) is 32.1 Å². The van der Waals surface area contributed by atoms with Gasteiger partial charge in [-0.05, 0) is 41.8 Å². The van der Waals surface area contributed by atoms with Gasteiger partial charge in [-0.15, -0.1) is 0 Å². The molecule has 1 heterocycles. The molecule has 224 valence electrons. The number of nitrogens with zero attached hydrogens (tertiary/aromatic N) is 1. The van der Waals surface area contributed by atoms with Crippen molar-refractivity contribution in [3.8, 4) is 0 Å². The third-order valence-electron chi connectivity index (χ3n) is 6.10. The van der Waals surface area contributed by atoms with E-state index in [0.717, 1.165) is 0 Å². The van der Waals surface area contributed by atoms with E-state index in [1.807, 2.05) is 0 Å². The fourth-order valence-electron chi connectivity index (χ4n) is 4.45. The molecule has 1 fully saturated rings. The van der Waals surface area contributed by atoms with E-state index >= 15 is 4.39 Å². The van der Waals surface area contributed by atoms with Crippen LogP contribution in [0.5, 0.6) is 0 Å². The number of carbonyl (C=O) groups is 2. The van der Waals surface area contributed by atoms with Crippen LogP contribution >= 0.6 is 34.8 Å². The summed E-state index contributed by atoms with van der Waals surface area (Å²) in [6.45, 7) is -2.56. The number of likely N-dealkylation sites (tertiary alicyclic amines) is 1. The third-order valence-corrected chi connectivity index (χ3v) is 7.30. The van der Waals surface area contributed by atoms with Crippen LogP contribution < -0.4 is 5.73 Å². The molecule has 2 N–H and O–H groups in total. The van der Waals surface area contributed by atoms with E-state index in [2.05, 4.69) is 0 Å². The van der Waals surface area contributed by atoms with Crippen molar-refractivity contribution in [3.63, 3.8) is 0 Å². The molecule has 3 rings (SSSR count). The van der Waals surface area contributed by atoms with Crippen molar-refractivity contribution in [1.82, 2.24) is 4.90 Å². The summed E-state index contributed by atoms with van der Waals surface area (Å²) in [5.74, 6) is -10.1. The number of allylic oxidation sites excluding steroid dienone is 1. The number of amides is 2. The smallest absolute Gasteiger partial charge is 0.366 e. The number of hydrogen-bond donors (Lipinski definition) is 1. The Morgan fingerprint density at radius 3 is 2.00 bits per heavy atom. The summed E-state index contributed by atoms with van der Waals surface area (Å²) in [6.07, 6.45) is -16.6. The SMILES string of the molecule is NC(=O)c1ccc(/C(F)=C/C(c2cc(Cl)c(Cl)c(Cl)c2)C(F)(F)F)c([C@H]2CCN(CC(F)(F)F)C2=O)c1C(F)(F)F. The number of halogens is 13. The topological polar surface area (TPSA) is 63.4 Å². The Balaban J connectivity index is 2.30. The van der Waals surface area contributed by atoms with Crippen LogP contribution in [-0.2, 0) is 11.0 Å². The summed E-state index contributed by atoms with van der Waals surface area (Å²) < 4.78 is 139. The molecule has 0 aromatic heterocycles. The quantitative estimate of drug-likeness (QED) is 0.251. The van der Waals surface area contributed by atoms with Crippen LogP contribution in [-0.4, -0.2) is 42.2 Å². The van der Waals surface area contributed by atoms with E-state index in [1.54, 1.807) is 0 Å². The van der Waals surface area contributed by atoms with Gasteiger partial charge in [-0.2, -0.15) is 39.5 Å². The Hall–Kier alpha value is -2.71. The van der Waals surface area contributed by atoms with Gasteiger partial charge in [0.25, 0.3) is 0 Å². The first-order chi connectivity index (χ1) is 18.6. The second-order valence-corrected chi connectivity index (χ2v) is 10.1. The lowest BCUT2D eigenvalue weighted by atomic mass is 9.84. The Labute approximate surface area is 239 Å². The summed E-state index contributed by atoms with van der Waals surface area (Å²) in [7, 11) is 0. The first-order valence-electron chi connectivity index (χ1n) is 11.1. The number of alkyl halides is 9. The zero-order chi connectivity index (χ0) is 31.2. The zero-order valence-corrected chi connectivity index (χ0v) is 22.2. The highest BCUT2D eigenvalue weighted by molar-refractivity contribution is 6.48. The van der Waals surface area contributed by atoms with E-state index in [4.69, 9.17) is 40.5 Å². The van der Waals surface area contributed by atoms with Crippen LogP contribution in [0.25, 0.3) is 5.83 Å². The van der Waals surface area contributed by atoms with E-state index in [9.17, 15) is 49.1 Å². The molecule has 1 unspecified atom stereocenters. The molecule has 1 aliphatic rings. The summed E-state index contributed by atoms with van der Waals surface area (Å²) in [5.41, 5.74) is -1.50. The highest BCUT2D eigenvalue weighted by atomic mass is 35.5. The Kier molecular flexibility index (Phi) is 9.22. The molecule has 0 aliphatic carbocycles. The number of carbonyl (C=O) groups excluding carboxylic acids is 2. The minimum atomic E-state index is -5.53. The molecule has 1 saturated heterocycles. The van der Waals surface area contributed by atoms with E-state index < -0.39 is 105 Å². The number of benzene rings is 2. The van der Waals surface area contributed by atoms with Gasteiger partial charge in [0, 0.05) is 12.1 Å². The zero-order valence-electron chi connectivity index (χ0n) is 19.9. The molecule has 4 nitrogen and oxygen atoms in total. The average Bonchev–Trinajstić information content (AvgIpc) is 3.16. The van der Waals surface area contributed by atoms with Crippen LogP contribution in [0.4, 0.5) is 43.9 Å². The van der Waals surface area contributed by atoms with Gasteiger partial charge in [0.2, 0.25) is 11.8 Å². The summed E-state index contributed by atoms with van der Waals surface area (Å²) >= 11 is 17.3. The van der Waals surface area contributed by atoms with Crippen LogP contribution in [0, 0.1) is 0 Å². The predicted octanol–water partition coefficient (Wildman–Crippen LogP) is 8.30. The van der Waals surface area contributed by atoms with Crippen LogP contribution in [0.15, 0.2) is 30.3 Å². The monoisotopic (exact) mass is 658 g/mol. The van der Waals surface area contributed by atoms with E-state index in [1.165, 1.54) is 0 Å². The third kappa shape index (κ3) is 7.20. The van der Waals surface area contributed by atoms with Gasteiger partial charge in [-0.3, -0.25) is 9.59 Å². The van der Waals surface area contributed by atoms with Gasteiger partial charge < -0.3 is 10.6 Å². The highest BCUT2D eigenvalue weighted by Gasteiger charge is 2.47. The molecule has 17 heteroatoms. The molecular weight excluding hydrogens is 645 g/mol. The highest BCUT2D eigenvalue weighted by Crippen LogP contribution is 2.47. The lowest BCUT2D eigenvalue weighted by molar-refractivity contribution is -0.158. The predicted molar refractivity (Wildman–Crippen MR) is 129 cm³/mol. The van der Waals surface area contributed by atoms with Crippen LogP contribution in [0.1, 0.15) is 50.9 Å². The number of nitrogens with two attached hydrogens (primary N) is 1. The van der Waals surface area contributed by atoms with Crippen molar-refractivity contribution in [1.29, 1.82) is 0 Å². The first kappa shape index (κ1) is 32.8. The van der Waals surface area contributed by atoms with Gasteiger partial charge in [0.1, 0.15) is 18.3 Å². The summed E-state index contributed by atoms with van der Waals surface area (Å²) in [4.78, 5) is 24.8. The number of primary amides is 1. The molecule has 2 atom stereocenters. The van der Waals surface area contributed by atoms with Crippen molar-refractivity contribution in [2.75, 3.05) is 13.1 Å². The second-order valence-electron chi connectivity index (χ2n) is 8.86. The summed E-state index contributed by atoms with van der Waals surface area (Å²) in [6, 6.07) is 2.28. The Bertz CT molecular complexity index is 1380. The largest absolute Gasteiger partial charge is 0.417 e. The molecule has 0 saturated carbocycles. The van der Waals surface area contributed by atoms with Gasteiger partial charge in [-0.1, -0.05) is 40.9 Å². The lowest BCUT2D eigenvalue weighted by Crippen LogP contribution is -2.36. The fourth-order valence-corrected chi connectivity index (χ4v) is 5.06.